The number of carbonyl (C=O) groups excluding carboxylic acids is 2. The number of hydrogen-bond donors (Lipinski definition) is 0. The van der Waals surface area contributed by atoms with E-state index in [-0.39, 0.29) is 30.1 Å². The lowest BCUT2D eigenvalue weighted by atomic mass is 10.2. The first-order chi connectivity index (χ1) is 8.59. The molecule has 0 bridgehead atoms. The molecule has 18 heavy (non-hydrogen) atoms. The predicted octanol–water partition coefficient (Wildman–Crippen LogP) is 0.169. The Morgan fingerprint density at radius 3 is 2.67 bits per heavy atom. The van der Waals surface area contributed by atoms with Crippen LogP contribution in [0.3, 0.4) is 0 Å². The highest BCUT2D eigenvalue weighted by molar-refractivity contribution is 5.95. The summed E-state index contributed by atoms with van der Waals surface area (Å²) in [5, 5.41) is 0. The standard InChI is InChI=1S/C12H16N4O2/c1-9(2)16-6-5-15(8-11(16)17)12(18)10-7-13-3-4-14-10/h3-4,7,9H,5-6,8H2,1-2H3. The molecule has 2 rings (SSSR count). The number of rotatable bonds is 2. The molecule has 0 atom stereocenters. The Morgan fingerprint density at radius 1 is 1.33 bits per heavy atom. The second-order valence-corrected chi connectivity index (χ2v) is 4.50. The van der Waals surface area contributed by atoms with Gasteiger partial charge in [0.2, 0.25) is 5.91 Å². The summed E-state index contributed by atoms with van der Waals surface area (Å²) in [6.45, 7) is 5.17. The Bertz CT molecular complexity index is 447. The molecule has 0 aromatic carbocycles. The fraction of sp³-hybridized carbons (Fsp3) is 0.500. The number of aromatic nitrogens is 2. The minimum atomic E-state index is -0.236. The van der Waals surface area contributed by atoms with Gasteiger partial charge in [0.15, 0.2) is 0 Å². The molecule has 0 spiro atoms. The van der Waals surface area contributed by atoms with Crippen molar-refractivity contribution in [3.05, 3.63) is 24.3 Å². The van der Waals surface area contributed by atoms with Gasteiger partial charge in [-0.05, 0) is 13.8 Å². The van der Waals surface area contributed by atoms with E-state index in [0.717, 1.165) is 0 Å². The molecular formula is C12H16N4O2. The third kappa shape index (κ3) is 2.47. The van der Waals surface area contributed by atoms with Crippen molar-refractivity contribution in [2.45, 2.75) is 19.9 Å². The van der Waals surface area contributed by atoms with Crippen LogP contribution in [0.25, 0.3) is 0 Å². The van der Waals surface area contributed by atoms with Gasteiger partial charge in [-0.2, -0.15) is 0 Å². The molecule has 6 nitrogen and oxygen atoms in total. The molecule has 1 fully saturated rings. The number of hydrogen-bond acceptors (Lipinski definition) is 4. The van der Waals surface area contributed by atoms with Crippen LogP contribution >= 0.6 is 0 Å². The highest BCUT2D eigenvalue weighted by Gasteiger charge is 2.29. The van der Waals surface area contributed by atoms with Crippen LogP contribution in [-0.2, 0) is 4.79 Å². The molecule has 0 radical (unpaired) electrons. The Labute approximate surface area is 106 Å². The van der Waals surface area contributed by atoms with E-state index in [4.69, 9.17) is 0 Å². The molecule has 1 aliphatic rings. The van der Waals surface area contributed by atoms with E-state index in [1.54, 1.807) is 4.90 Å². The monoisotopic (exact) mass is 248 g/mol. The molecule has 0 aliphatic carbocycles. The average Bonchev–Trinajstić information content (AvgIpc) is 2.38. The maximum atomic E-state index is 12.1. The second kappa shape index (κ2) is 5.12. The minimum Gasteiger partial charge on any atom is -0.337 e. The van der Waals surface area contributed by atoms with Gasteiger partial charge in [-0.1, -0.05) is 0 Å². The first-order valence-corrected chi connectivity index (χ1v) is 5.94. The van der Waals surface area contributed by atoms with E-state index in [1.165, 1.54) is 23.5 Å². The maximum Gasteiger partial charge on any atom is 0.274 e. The van der Waals surface area contributed by atoms with Gasteiger partial charge < -0.3 is 9.80 Å². The smallest absolute Gasteiger partial charge is 0.274 e. The third-order valence-electron chi connectivity index (χ3n) is 2.95. The fourth-order valence-electron chi connectivity index (χ4n) is 1.98. The molecule has 0 saturated carbocycles. The van der Waals surface area contributed by atoms with Gasteiger partial charge in [-0.3, -0.25) is 14.6 Å². The molecular weight excluding hydrogens is 232 g/mol. The minimum absolute atomic E-state index is 0.0199. The number of amides is 2. The number of nitrogens with zero attached hydrogens (tertiary/aromatic N) is 4. The van der Waals surface area contributed by atoms with Crippen LogP contribution in [0.4, 0.5) is 0 Å². The zero-order chi connectivity index (χ0) is 13.1. The van der Waals surface area contributed by atoms with Crippen molar-refractivity contribution in [1.82, 2.24) is 19.8 Å². The number of carbonyl (C=O) groups is 2. The van der Waals surface area contributed by atoms with Gasteiger partial charge in [0, 0.05) is 31.5 Å². The van der Waals surface area contributed by atoms with Crippen LogP contribution in [0.5, 0.6) is 0 Å². The molecule has 1 aromatic heterocycles. The van der Waals surface area contributed by atoms with E-state index < -0.39 is 0 Å². The topological polar surface area (TPSA) is 66.4 Å². The largest absolute Gasteiger partial charge is 0.337 e. The highest BCUT2D eigenvalue weighted by atomic mass is 16.2. The Balaban J connectivity index is 2.05. The van der Waals surface area contributed by atoms with Gasteiger partial charge in [0.1, 0.15) is 12.2 Å². The van der Waals surface area contributed by atoms with E-state index in [2.05, 4.69) is 9.97 Å². The SMILES string of the molecule is CC(C)N1CCN(C(=O)c2cnccn2)CC1=O. The van der Waals surface area contributed by atoms with E-state index >= 15 is 0 Å². The van der Waals surface area contributed by atoms with Crippen LogP contribution < -0.4 is 0 Å². The average molecular weight is 248 g/mol. The van der Waals surface area contributed by atoms with Crippen LogP contribution in [0.1, 0.15) is 24.3 Å². The summed E-state index contributed by atoms with van der Waals surface area (Å²) < 4.78 is 0. The maximum absolute atomic E-state index is 12.1. The van der Waals surface area contributed by atoms with E-state index in [9.17, 15) is 9.59 Å². The molecule has 1 saturated heterocycles. The summed E-state index contributed by atoms with van der Waals surface area (Å²) in [4.78, 5) is 35.1. The summed E-state index contributed by atoms with van der Waals surface area (Å²) in [6.07, 6.45) is 4.40. The predicted molar refractivity (Wildman–Crippen MR) is 64.8 cm³/mol. The first-order valence-electron chi connectivity index (χ1n) is 5.94. The first kappa shape index (κ1) is 12.5. The van der Waals surface area contributed by atoms with Crippen molar-refractivity contribution in [2.75, 3.05) is 19.6 Å². The molecule has 2 heterocycles. The molecule has 96 valence electrons. The van der Waals surface area contributed by atoms with E-state index in [1.807, 2.05) is 13.8 Å². The quantitative estimate of drug-likeness (QED) is 0.748. The van der Waals surface area contributed by atoms with Gasteiger partial charge >= 0.3 is 0 Å². The lowest BCUT2D eigenvalue weighted by Gasteiger charge is -2.36. The summed E-state index contributed by atoms with van der Waals surface area (Å²) in [5.41, 5.74) is 0.281. The molecule has 1 aromatic rings. The van der Waals surface area contributed by atoms with Gasteiger partial charge in [-0.15, -0.1) is 0 Å². The summed E-state index contributed by atoms with van der Waals surface area (Å²) in [7, 11) is 0. The molecule has 2 amide bonds. The van der Waals surface area contributed by atoms with Crippen molar-refractivity contribution in [1.29, 1.82) is 0 Å². The molecule has 0 unspecified atom stereocenters. The zero-order valence-corrected chi connectivity index (χ0v) is 10.5. The molecule has 0 N–H and O–H groups in total. The molecule has 1 aliphatic heterocycles. The van der Waals surface area contributed by atoms with Crippen molar-refractivity contribution < 1.29 is 9.59 Å². The number of piperazine rings is 1. The third-order valence-corrected chi connectivity index (χ3v) is 2.95. The van der Waals surface area contributed by atoms with Crippen LogP contribution in [0.15, 0.2) is 18.6 Å². The lowest BCUT2D eigenvalue weighted by Crippen LogP contribution is -2.54. The van der Waals surface area contributed by atoms with Crippen molar-refractivity contribution >= 4 is 11.8 Å². The van der Waals surface area contributed by atoms with Gasteiger partial charge in [-0.25, -0.2) is 4.98 Å². The van der Waals surface area contributed by atoms with Crippen molar-refractivity contribution in [3.63, 3.8) is 0 Å². The van der Waals surface area contributed by atoms with Gasteiger partial charge in [0.05, 0.1) is 6.20 Å². The van der Waals surface area contributed by atoms with Crippen LogP contribution in [0.2, 0.25) is 0 Å². The highest BCUT2D eigenvalue weighted by Crippen LogP contribution is 2.09. The van der Waals surface area contributed by atoms with Crippen LogP contribution in [0, 0.1) is 0 Å². The Morgan fingerprint density at radius 2 is 2.11 bits per heavy atom. The zero-order valence-electron chi connectivity index (χ0n) is 10.5. The summed E-state index contributed by atoms with van der Waals surface area (Å²) >= 11 is 0. The normalized spacial score (nSPS) is 16.3. The Hall–Kier alpha value is -1.98. The van der Waals surface area contributed by atoms with Crippen molar-refractivity contribution in [2.24, 2.45) is 0 Å². The van der Waals surface area contributed by atoms with Gasteiger partial charge in [0.25, 0.3) is 5.91 Å². The molecule has 6 heteroatoms. The van der Waals surface area contributed by atoms with Crippen molar-refractivity contribution in [3.8, 4) is 0 Å². The Kier molecular flexibility index (Phi) is 3.55. The van der Waals surface area contributed by atoms with Crippen LogP contribution in [-0.4, -0.2) is 57.3 Å². The summed E-state index contributed by atoms with van der Waals surface area (Å²) in [5.74, 6) is -0.256. The fourth-order valence-corrected chi connectivity index (χ4v) is 1.98. The second-order valence-electron chi connectivity index (χ2n) is 4.50. The lowest BCUT2D eigenvalue weighted by molar-refractivity contribution is -0.136. The summed E-state index contributed by atoms with van der Waals surface area (Å²) in [6, 6.07) is 0.172. The van der Waals surface area contributed by atoms with E-state index in [0.29, 0.717) is 13.1 Å².